The van der Waals surface area contributed by atoms with Crippen molar-refractivity contribution in [1.29, 1.82) is 0 Å². The lowest BCUT2D eigenvalue weighted by atomic mass is 9.97. The smallest absolute Gasteiger partial charge is 0.328 e. The fourth-order valence-corrected chi connectivity index (χ4v) is 3.82. The number of benzene rings is 1. The van der Waals surface area contributed by atoms with E-state index in [9.17, 15) is 34.5 Å². The van der Waals surface area contributed by atoms with Crippen molar-refractivity contribution in [3.63, 3.8) is 0 Å². The third kappa shape index (κ3) is 10.0. The number of aliphatic hydroxyl groups is 1. The summed E-state index contributed by atoms with van der Waals surface area (Å²) in [5.74, 6) is -3.01. The van der Waals surface area contributed by atoms with Gasteiger partial charge in [0, 0.05) is 0 Å². The topological polar surface area (TPSA) is 191 Å². The lowest BCUT2D eigenvalue weighted by Gasteiger charge is -2.28. The fraction of sp³-hybridized carbons (Fsp3) is 0.583. The molecule has 36 heavy (non-hydrogen) atoms. The molecule has 0 aromatic heterocycles. The number of aromatic hydroxyl groups is 1. The molecule has 202 valence electrons. The Labute approximate surface area is 215 Å². The molecule has 6 unspecified atom stereocenters. The molecule has 8 N–H and O–H groups in total. The standard InChI is InChI=1S/C24H38N4O7S/c1-5-13(2)19(23(33)28-20(14(3)29)24(34)35)27-22(32)18(10-11-36-4)26-21(31)17(25)12-15-6-8-16(30)9-7-15/h6-9,13-14,17-20,29-30H,5,10-12,25H2,1-4H3,(H,26,31)(H,27,32)(H,28,33)(H,34,35). The van der Waals surface area contributed by atoms with Crippen molar-refractivity contribution in [2.45, 2.75) is 70.3 Å². The average molecular weight is 527 g/mol. The molecule has 1 rings (SSSR count). The molecule has 0 fully saturated rings. The van der Waals surface area contributed by atoms with E-state index >= 15 is 0 Å². The summed E-state index contributed by atoms with van der Waals surface area (Å²) in [5, 5.41) is 35.9. The molecule has 0 saturated carbocycles. The van der Waals surface area contributed by atoms with Crippen LogP contribution >= 0.6 is 11.8 Å². The van der Waals surface area contributed by atoms with Crippen LogP contribution in [0.15, 0.2) is 24.3 Å². The van der Waals surface area contributed by atoms with Crippen molar-refractivity contribution >= 4 is 35.5 Å². The van der Waals surface area contributed by atoms with Gasteiger partial charge in [0.15, 0.2) is 6.04 Å². The van der Waals surface area contributed by atoms with Crippen LogP contribution in [-0.4, -0.2) is 81.3 Å². The summed E-state index contributed by atoms with van der Waals surface area (Å²) in [4.78, 5) is 50.1. The fourth-order valence-electron chi connectivity index (χ4n) is 3.35. The largest absolute Gasteiger partial charge is 0.508 e. The van der Waals surface area contributed by atoms with E-state index < -0.39 is 54.0 Å². The number of carbonyl (C=O) groups excluding carboxylic acids is 3. The molecule has 0 spiro atoms. The molecule has 0 radical (unpaired) electrons. The predicted molar refractivity (Wildman–Crippen MR) is 137 cm³/mol. The molecule has 1 aromatic carbocycles. The first kappa shape index (κ1) is 31.2. The van der Waals surface area contributed by atoms with Crippen LogP contribution in [-0.2, 0) is 25.6 Å². The van der Waals surface area contributed by atoms with E-state index in [1.165, 1.54) is 30.8 Å². The van der Waals surface area contributed by atoms with E-state index in [1.54, 1.807) is 19.1 Å². The van der Waals surface area contributed by atoms with Crippen LogP contribution in [0.1, 0.15) is 39.2 Å². The number of aliphatic hydroxyl groups excluding tert-OH is 1. The van der Waals surface area contributed by atoms with Crippen LogP contribution in [0.5, 0.6) is 5.75 Å². The van der Waals surface area contributed by atoms with Gasteiger partial charge in [-0.2, -0.15) is 11.8 Å². The minimum Gasteiger partial charge on any atom is -0.508 e. The van der Waals surface area contributed by atoms with Gasteiger partial charge in [-0.05, 0) is 55.4 Å². The highest BCUT2D eigenvalue weighted by molar-refractivity contribution is 7.98. The van der Waals surface area contributed by atoms with Crippen LogP contribution < -0.4 is 21.7 Å². The Morgan fingerprint density at radius 3 is 2.06 bits per heavy atom. The molecule has 0 saturated heterocycles. The van der Waals surface area contributed by atoms with Gasteiger partial charge < -0.3 is 37.0 Å². The molecule has 0 bridgehead atoms. The highest BCUT2D eigenvalue weighted by Gasteiger charge is 2.33. The number of hydrogen-bond donors (Lipinski definition) is 7. The summed E-state index contributed by atoms with van der Waals surface area (Å²) in [6, 6.07) is 1.73. The van der Waals surface area contributed by atoms with E-state index in [2.05, 4.69) is 16.0 Å². The first-order valence-corrected chi connectivity index (χ1v) is 13.1. The molecule has 11 nitrogen and oxygen atoms in total. The number of phenolic OH excluding ortho intramolecular Hbond substituents is 1. The number of carbonyl (C=O) groups is 4. The Morgan fingerprint density at radius 1 is 0.972 bits per heavy atom. The number of hydrogen-bond acceptors (Lipinski definition) is 8. The van der Waals surface area contributed by atoms with Crippen LogP contribution in [0, 0.1) is 5.92 Å². The molecule has 1 aromatic rings. The molecule has 0 aliphatic heterocycles. The number of nitrogens with two attached hydrogens (primary N) is 1. The zero-order chi connectivity index (χ0) is 27.4. The summed E-state index contributed by atoms with van der Waals surface area (Å²) in [6.45, 7) is 4.78. The molecular weight excluding hydrogens is 488 g/mol. The molecule has 0 aliphatic carbocycles. The number of phenols is 1. The van der Waals surface area contributed by atoms with Crippen LogP contribution in [0.25, 0.3) is 0 Å². The van der Waals surface area contributed by atoms with Crippen LogP contribution in [0.4, 0.5) is 0 Å². The number of thioether (sulfide) groups is 1. The number of carboxylic acids is 1. The highest BCUT2D eigenvalue weighted by atomic mass is 32.2. The maximum atomic E-state index is 13.1. The SMILES string of the molecule is CCC(C)C(NC(=O)C(CCSC)NC(=O)C(N)Cc1ccc(O)cc1)C(=O)NC(C(=O)O)C(C)O. The maximum absolute atomic E-state index is 13.1. The second-order valence-electron chi connectivity index (χ2n) is 8.76. The second-order valence-corrected chi connectivity index (χ2v) is 9.74. The molecule has 0 aliphatic rings. The van der Waals surface area contributed by atoms with Crippen molar-refractivity contribution in [2.75, 3.05) is 12.0 Å². The van der Waals surface area contributed by atoms with E-state index in [4.69, 9.17) is 5.73 Å². The van der Waals surface area contributed by atoms with Crippen molar-refractivity contribution < 1.29 is 34.5 Å². The van der Waals surface area contributed by atoms with Gasteiger partial charge in [-0.25, -0.2) is 4.79 Å². The Balaban J connectivity index is 2.97. The first-order chi connectivity index (χ1) is 16.9. The second kappa shape index (κ2) is 15.3. The minimum atomic E-state index is -1.54. The van der Waals surface area contributed by atoms with Gasteiger partial charge in [0.25, 0.3) is 0 Å². The molecule has 0 heterocycles. The quantitative estimate of drug-likeness (QED) is 0.165. The summed E-state index contributed by atoms with van der Waals surface area (Å²) in [6.07, 6.45) is 1.49. The highest BCUT2D eigenvalue weighted by Crippen LogP contribution is 2.13. The van der Waals surface area contributed by atoms with E-state index in [-0.39, 0.29) is 24.5 Å². The zero-order valence-corrected chi connectivity index (χ0v) is 21.9. The number of carboxylic acid groups (broad SMARTS) is 1. The minimum absolute atomic E-state index is 0.0913. The Hall–Kier alpha value is -2.83. The van der Waals surface area contributed by atoms with Crippen molar-refractivity contribution in [2.24, 2.45) is 11.7 Å². The Bertz CT molecular complexity index is 882. The number of amides is 3. The van der Waals surface area contributed by atoms with Gasteiger partial charge >= 0.3 is 5.97 Å². The first-order valence-electron chi connectivity index (χ1n) is 11.8. The summed E-state index contributed by atoms with van der Waals surface area (Å²) in [5.41, 5.74) is 6.78. The summed E-state index contributed by atoms with van der Waals surface area (Å²) < 4.78 is 0. The summed E-state index contributed by atoms with van der Waals surface area (Å²) in [7, 11) is 0. The maximum Gasteiger partial charge on any atom is 0.328 e. The lowest BCUT2D eigenvalue weighted by molar-refractivity contribution is -0.145. The van der Waals surface area contributed by atoms with Gasteiger partial charge in [0.1, 0.15) is 17.8 Å². The van der Waals surface area contributed by atoms with Crippen LogP contribution in [0.3, 0.4) is 0 Å². The van der Waals surface area contributed by atoms with Gasteiger partial charge in [-0.15, -0.1) is 0 Å². The summed E-state index contributed by atoms with van der Waals surface area (Å²) >= 11 is 1.48. The average Bonchev–Trinajstić information content (AvgIpc) is 2.83. The number of aliphatic carboxylic acids is 1. The molecule has 3 amide bonds. The van der Waals surface area contributed by atoms with E-state index in [1.807, 2.05) is 13.2 Å². The van der Waals surface area contributed by atoms with Gasteiger partial charge in [0.2, 0.25) is 17.7 Å². The Kier molecular flexibility index (Phi) is 13.3. The lowest BCUT2D eigenvalue weighted by Crippen LogP contribution is -2.60. The van der Waals surface area contributed by atoms with Gasteiger partial charge in [0.05, 0.1) is 12.1 Å². The predicted octanol–water partition coefficient (Wildman–Crippen LogP) is -0.0190. The normalized spacial score (nSPS) is 16.1. The molecule has 12 heteroatoms. The molecular formula is C24H38N4O7S. The Morgan fingerprint density at radius 2 is 1.56 bits per heavy atom. The van der Waals surface area contributed by atoms with Crippen molar-refractivity contribution in [3.05, 3.63) is 29.8 Å². The van der Waals surface area contributed by atoms with E-state index in [0.29, 0.717) is 12.2 Å². The van der Waals surface area contributed by atoms with Crippen molar-refractivity contribution in [3.8, 4) is 5.75 Å². The number of rotatable bonds is 15. The third-order valence-electron chi connectivity index (χ3n) is 5.81. The zero-order valence-electron chi connectivity index (χ0n) is 21.1. The third-order valence-corrected chi connectivity index (χ3v) is 6.46. The van der Waals surface area contributed by atoms with Gasteiger partial charge in [-0.1, -0.05) is 32.4 Å². The number of nitrogens with one attached hydrogen (secondary N) is 3. The van der Waals surface area contributed by atoms with E-state index in [0.717, 1.165) is 5.56 Å². The monoisotopic (exact) mass is 526 g/mol. The van der Waals surface area contributed by atoms with Crippen LogP contribution in [0.2, 0.25) is 0 Å². The van der Waals surface area contributed by atoms with Crippen molar-refractivity contribution in [1.82, 2.24) is 16.0 Å². The van der Waals surface area contributed by atoms with Gasteiger partial charge in [-0.3, -0.25) is 14.4 Å². The molecule has 6 atom stereocenters.